The van der Waals surface area contributed by atoms with E-state index in [2.05, 4.69) is 216 Å². The monoisotopic (exact) mass is 662 g/mol. The lowest BCUT2D eigenvalue weighted by molar-refractivity contribution is 1.18. The van der Waals surface area contributed by atoms with E-state index in [0.29, 0.717) is 0 Å². The van der Waals surface area contributed by atoms with Crippen LogP contribution in [0.25, 0.3) is 71.3 Å². The van der Waals surface area contributed by atoms with Crippen LogP contribution >= 0.6 is 0 Å². The third kappa shape index (κ3) is 4.96. The Bertz CT molecular complexity index is 2860. The molecular weight excluding hydrogens is 629 g/mol. The zero-order valence-corrected chi connectivity index (χ0v) is 28.5. The number of aromatic nitrogens is 1. The lowest BCUT2D eigenvalue weighted by atomic mass is 9.93. The lowest BCUT2D eigenvalue weighted by Gasteiger charge is -2.29. The van der Waals surface area contributed by atoms with Crippen molar-refractivity contribution in [2.24, 2.45) is 0 Å². The first kappa shape index (κ1) is 30.0. The molecule has 0 aliphatic heterocycles. The molecule has 0 saturated carbocycles. The van der Waals surface area contributed by atoms with E-state index in [1.54, 1.807) is 0 Å². The van der Waals surface area contributed by atoms with Gasteiger partial charge >= 0.3 is 0 Å². The third-order valence-electron chi connectivity index (χ3n) is 10.3. The van der Waals surface area contributed by atoms with Gasteiger partial charge in [-0.3, -0.25) is 0 Å². The average Bonchev–Trinajstić information content (AvgIpc) is 3.55. The van der Waals surface area contributed by atoms with Crippen molar-refractivity contribution >= 4 is 60.4 Å². The summed E-state index contributed by atoms with van der Waals surface area (Å²) in [6.45, 7) is 0. The molecule has 0 bridgehead atoms. The number of anilines is 3. The van der Waals surface area contributed by atoms with Gasteiger partial charge in [0.25, 0.3) is 0 Å². The van der Waals surface area contributed by atoms with Crippen LogP contribution in [0.3, 0.4) is 0 Å². The van der Waals surface area contributed by atoms with Crippen molar-refractivity contribution in [3.8, 4) is 27.9 Å². The number of nitrogens with zero attached hydrogens (tertiary/aromatic N) is 2. The van der Waals surface area contributed by atoms with E-state index in [9.17, 15) is 0 Å². The van der Waals surface area contributed by atoms with Crippen LogP contribution in [0.5, 0.6) is 0 Å². The van der Waals surface area contributed by atoms with Gasteiger partial charge in [-0.25, -0.2) is 0 Å². The summed E-state index contributed by atoms with van der Waals surface area (Å²) < 4.78 is 2.46. The maximum absolute atomic E-state index is 2.46. The molecule has 0 spiro atoms. The molecule has 2 nitrogen and oxygen atoms in total. The molecule has 2 heteroatoms. The second kappa shape index (κ2) is 12.5. The summed E-state index contributed by atoms with van der Waals surface area (Å²) >= 11 is 0. The van der Waals surface area contributed by atoms with Crippen molar-refractivity contribution in [1.82, 2.24) is 4.57 Å². The van der Waals surface area contributed by atoms with E-state index >= 15 is 0 Å². The molecule has 9 aromatic carbocycles. The van der Waals surface area contributed by atoms with Gasteiger partial charge in [-0.1, -0.05) is 158 Å². The highest BCUT2D eigenvalue weighted by Crippen LogP contribution is 2.47. The molecule has 0 radical (unpaired) electrons. The molecule has 10 rings (SSSR count). The van der Waals surface area contributed by atoms with Crippen molar-refractivity contribution < 1.29 is 0 Å². The van der Waals surface area contributed by atoms with Gasteiger partial charge in [0.15, 0.2) is 0 Å². The Morgan fingerprint density at radius 2 is 0.923 bits per heavy atom. The third-order valence-corrected chi connectivity index (χ3v) is 10.3. The van der Waals surface area contributed by atoms with E-state index in [1.165, 1.54) is 60.0 Å². The average molecular weight is 663 g/mol. The number of benzene rings is 9. The molecule has 1 aromatic heterocycles. The summed E-state index contributed by atoms with van der Waals surface area (Å²) in [5.74, 6) is 0. The number of para-hydroxylation sites is 3. The summed E-state index contributed by atoms with van der Waals surface area (Å²) in [6.07, 6.45) is 0. The predicted octanol–water partition coefficient (Wildman–Crippen LogP) is 13.9. The molecule has 0 aliphatic rings. The summed E-state index contributed by atoms with van der Waals surface area (Å²) in [5.41, 5.74) is 11.6. The Morgan fingerprint density at radius 1 is 0.346 bits per heavy atom. The fourth-order valence-corrected chi connectivity index (χ4v) is 7.99. The number of hydrogen-bond donors (Lipinski definition) is 0. The van der Waals surface area contributed by atoms with Crippen LogP contribution in [0, 0.1) is 0 Å². The Kier molecular flexibility index (Phi) is 7.18. The van der Waals surface area contributed by atoms with Crippen molar-refractivity contribution in [3.63, 3.8) is 0 Å². The highest BCUT2D eigenvalue weighted by molar-refractivity contribution is 6.12. The van der Waals surface area contributed by atoms with Gasteiger partial charge in [-0.05, 0) is 81.2 Å². The highest BCUT2D eigenvalue weighted by Gasteiger charge is 2.23. The molecule has 0 fully saturated rings. The Labute approximate surface area is 303 Å². The largest absolute Gasteiger partial charge is 0.310 e. The van der Waals surface area contributed by atoms with Crippen LogP contribution in [0.15, 0.2) is 206 Å². The minimum atomic E-state index is 1.10. The highest BCUT2D eigenvalue weighted by atomic mass is 15.1. The SMILES string of the molecule is c1ccc(-c2cccc(N(c3ccc4ccccc4c3)c3ccccc3-c3c(-n4c5ccccc5c5ccccc54)ccc4ccccc34)c2)cc1. The van der Waals surface area contributed by atoms with Crippen LogP contribution in [-0.4, -0.2) is 4.57 Å². The first-order valence-electron chi connectivity index (χ1n) is 17.9. The minimum absolute atomic E-state index is 1.10. The van der Waals surface area contributed by atoms with E-state index in [1.807, 2.05) is 0 Å². The first-order chi connectivity index (χ1) is 25.8. The number of hydrogen-bond acceptors (Lipinski definition) is 1. The maximum Gasteiger partial charge on any atom is 0.0547 e. The Hall–Kier alpha value is -6.90. The summed E-state index contributed by atoms with van der Waals surface area (Å²) in [6, 6.07) is 74.8. The summed E-state index contributed by atoms with van der Waals surface area (Å²) in [7, 11) is 0. The predicted molar refractivity (Wildman–Crippen MR) is 221 cm³/mol. The van der Waals surface area contributed by atoms with Crippen LogP contribution in [0.2, 0.25) is 0 Å². The molecule has 1 heterocycles. The molecule has 10 aromatic rings. The van der Waals surface area contributed by atoms with E-state index in [4.69, 9.17) is 0 Å². The molecule has 52 heavy (non-hydrogen) atoms. The lowest BCUT2D eigenvalue weighted by Crippen LogP contribution is -2.12. The number of rotatable bonds is 6. The van der Waals surface area contributed by atoms with Gasteiger partial charge in [0.1, 0.15) is 0 Å². The van der Waals surface area contributed by atoms with Crippen LogP contribution in [0.1, 0.15) is 0 Å². The number of fused-ring (bicyclic) bond motifs is 5. The Balaban J connectivity index is 1.29. The second-order valence-corrected chi connectivity index (χ2v) is 13.4. The minimum Gasteiger partial charge on any atom is -0.310 e. The van der Waals surface area contributed by atoms with Crippen molar-refractivity contribution in [1.29, 1.82) is 0 Å². The Morgan fingerprint density at radius 3 is 1.71 bits per heavy atom. The van der Waals surface area contributed by atoms with Gasteiger partial charge in [0.2, 0.25) is 0 Å². The van der Waals surface area contributed by atoms with E-state index < -0.39 is 0 Å². The smallest absolute Gasteiger partial charge is 0.0547 e. The zero-order chi connectivity index (χ0) is 34.4. The van der Waals surface area contributed by atoms with Crippen LogP contribution < -0.4 is 4.90 Å². The van der Waals surface area contributed by atoms with Crippen molar-refractivity contribution in [2.45, 2.75) is 0 Å². The molecule has 244 valence electrons. The van der Waals surface area contributed by atoms with Crippen LogP contribution in [-0.2, 0) is 0 Å². The van der Waals surface area contributed by atoms with Gasteiger partial charge in [-0.2, -0.15) is 0 Å². The van der Waals surface area contributed by atoms with Gasteiger partial charge in [-0.15, -0.1) is 0 Å². The zero-order valence-electron chi connectivity index (χ0n) is 28.5. The standard InChI is InChI=1S/C50H34N2/c1-2-15-35(16-3-1)39-20-14-21-40(33-39)51(41-31-29-36-17-4-5-19-38(36)34-41)48-28-13-10-25-45(48)50-42-22-7-6-18-37(42)30-32-49(50)52-46-26-11-8-23-43(46)44-24-9-12-27-47(44)52/h1-34H. The van der Waals surface area contributed by atoms with Gasteiger partial charge < -0.3 is 9.47 Å². The van der Waals surface area contributed by atoms with Gasteiger partial charge in [0, 0.05) is 33.3 Å². The van der Waals surface area contributed by atoms with Crippen molar-refractivity contribution in [3.05, 3.63) is 206 Å². The fourth-order valence-electron chi connectivity index (χ4n) is 7.99. The quantitative estimate of drug-likeness (QED) is 0.172. The summed E-state index contributed by atoms with van der Waals surface area (Å²) in [5, 5.41) is 7.35. The summed E-state index contributed by atoms with van der Waals surface area (Å²) in [4.78, 5) is 2.44. The van der Waals surface area contributed by atoms with Crippen molar-refractivity contribution in [2.75, 3.05) is 4.90 Å². The first-order valence-corrected chi connectivity index (χ1v) is 17.9. The molecule has 0 amide bonds. The molecule has 0 N–H and O–H groups in total. The normalized spacial score (nSPS) is 11.5. The molecule has 0 saturated heterocycles. The molecule has 0 aliphatic carbocycles. The molecule has 0 atom stereocenters. The second-order valence-electron chi connectivity index (χ2n) is 13.4. The maximum atomic E-state index is 2.46. The van der Waals surface area contributed by atoms with Crippen LogP contribution in [0.4, 0.5) is 17.1 Å². The molecule has 0 unspecified atom stereocenters. The molecular formula is C50H34N2. The topological polar surface area (TPSA) is 8.17 Å². The fraction of sp³-hybridized carbons (Fsp3) is 0. The van der Waals surface area contributed by atoms with E-state index in [-0.39, 0.29) is 0 Å². The van der Waals surface area contributed by atoms with E-state index in [0.717, 1.165) is 28.3 Å². The van der Waals surface area contributed by atoms with Gasteiger partial charge in [0.05, 0.1) is 22.4 Å².